The summed E-state index contributed by atoms with van der Waals surface area (Å²) in [5, 5.41) is 6.67. The molecule has 0 saturated carbocycles. The minimum Gasteiger partial charge on any atom is -0.354 e. The van der Waals surface area contributed by atoms with Crippen molar-refractivity contribution in [1.29, 1.82) is 0 Å². The Kier molecular flexibility index (Phi) is 8.21. The lowest BCUT2D eigenvalue weighted by Gasteiger charge is -2.33. The van der Waals surface area contributed by atoms with Gasteiger partial charge < -0.3 is 20.4 Å². The Hall–Kier alpha value is -1.09. The molecule has 1 aromatic rings. The van der Waals surface area contributed by atoms with Crippen LogP contribution in [-0.4, -0.2) is 61.7 Å². The van der Waals surface area contributed by atoms with E-state index in [1.165, 1.54) is 0 Å². The molecular formula is C17H31IN6. The normalized spacial score (nSPS) is 16.5. The van der Waals surface area contributed by atoms with Crippen molar-refractivity contribution in [2.45, 2.75) is 32.9 Å². The van der Waals surface area contributed by atoms with Crippen molar-refractivity contribution in [2.24, 2.45) is 4.99 Å². The highest BCUT2D eigenvalue weighted by Gasteiger charge is 2.15. The summed E-state index contributed by atoms with van der Waals surface area (Å²) in [6.07, 6.45) is 1.95. The molecule has 0 unspecified atom stereocenters. The van der Waals surface area contributed by atoms with E-state index in [-0.39, 0.29) is 29.5 Å². The Morgan fingerprint density at radius 1 is 1.21 bits per heavy atom. The van der Waals surface area contributed by atoms with E-state index in [9.17, 15) is 0 Å². The highest BCUT2D eigenvalue weighted by Crippen LogP contribution is 2.13. The van der Waals surface area contributed by atoms with E-state index in [4.69, 9.17) is 0 Å². The number of nitrogens with one attached hydrogen (secondary N) is 2. The molecule has 24 heavy (non-hydrogen) atoms. The lowest BCUT2D eigenvalue weighted by molar-refractivity contribution is 0.312. The number of aliphatic imine (C=N–C) groups is 1. The molecule has 0 spiro atoms. The van der Waals surface area contributed by atoms with E-state index in [1.807, 2.05) is 6.20 Å². The first-order valence-corrected chi connectivity index (χ1v) is 8.24. The van der Waals surface area contributed by atoms with E-state index >= 15 is 0 Å². The molecule has 1 aliphatic heterocycles. The Labute approximate surface area is 163 Å². The lowest BCUT2D eigenvalue weighted by Crippen LogP contribution is -2.47. The van der Waals surface area contributed by atoms with Gasteiger partial charge in [-0.1, -0.05) is 6.07 Å². The van der Waals surface area contributed by atoms with Crippen molar-refractivity contribution >= 4 is 35.8 Å². The number of nitrogens with zero attached hydrogens (tertiary/aromatic N) is 4. The van der Waals surface area contributed by atoms with Crippen LogP contribution in [0.15, 0.2) is 23.3 Å². The summed E-state index contributed by atoms with van der Waals surface area (Å²) in [4.78, 5) is 13.6. The van der Waals surface area contributed by atoms with Gasteiger partial charge in [0.15, 0.2) is 5.96 Å². The zero-order valence-corrected chi connectivity index (χ0v) is 17.8. The van der Waals surface area contributed by atoms with Gasteiger partial charge in [0.05, 0.1) is 0 Å². The predicted molar refractivity (Wildman–Crippen MR) is 112 cm³/mol. The number of aromatic nitrogens is 1. The summed E-state index contributed by atoms with van der Waals surface area (Å²) in [7, 11) is 3.95. The molecule has 6 nitrogen and oxygen atoms in total. The molecule has 2 heterocycles. The smallest absolute Gasteiger partial charge is 0.191 e. The van der Waals surface area contributed by atoms with Crippen molar-refractivity contribution in [3.8, 4) is 0 Å². The zero-order chi connectivity index (χ0) is 16.9. The molecule has 0 bridgehead atoms. The average Bonchev–Trinajstić information content (AvgIpc) is 2.52. The first-order valence-electron chi connectivity index (χ1n) is 8.24. The van der Waals surface area contributed by atoms with Crippen LogP contribution in [0.3, 0.4) is 0 Å². The van der Waals surface area contributed by atoms with Gasteiger partial charge in [0.25, 0.3) is 0 Å². The lowest BCUT2D eigenvalue weighted by atomic mass is 10.1. The molecule has 0 amide bonds. The number of pyridine rings is 1. The molecule has 0 radical (unpaired) electrons. The molecule has 1 aromatic heterocycles. The van der Waals surface area contributed by atoms with Gasteiger partial charge in [0.2, 0.25) is 0 Å². The Morgan fingerprint density at radius 2 is 1.88 bits per heavy atom. The number of piperazine rings is 1. The Morgan fingerprint density at radius 3 is 2.38 bits per heavy atom. The van der Waals surface area contributed by atoms with E-state index in [1.54, 1.807) is 7.05 Å². The first kappa shape index (κ1) is 21.0. The van der Waals surface area contributed by atoms with Crippen LogP contribution in [0, 0.1) is 0 Å². The predicted octanol–water partition coefficient (Wildman–Crippen LogP) is 1.91. The molecule has 1 aliphatic rings. The van der Waals surface area contributed by atoms with Crippen LogP contribution in [0.25, 0.3) is 0 Å². The number of hydrogen-bond acceptors (Lipinski definition) is 4. The van der Waals surface area contributed by atoms with Crippen LogP contribution >= 0.6 is 24.0 Å². The maximum atomic E-state index is 4.61. The van der Waals surface area contributed by atoms with E-state index in [0.717, 1.165) is 43.5 Å². The van der Waals surface area contributed by atoms with Crippen molar-refractivity contribution < 1.29 is 0 Å². The number of rotatable bonds is 3. The summed E-state index contributed by atoms with van der Waals surface area (Å²) in [5.41, 5.74) is 1.14. The third-order valence-corrected chi connectivity index (χ3v) is 3.81. The average molecular weight is 446 g/mol. The van der Waals surface area contributed by atoms with Gasteiger partial charge in [0.1, 0.15) is 5.82 Å². The number of guanidine groups is 1. The molecular weight excluding hydrogens is 415 g/mol. The second kappa shape index (κ2) is 9.41. The topological polar surface area (TPSA) is 55.8 Å². The molecule has 2 N–H and O–H groups in total. The van der Waals surface area contributed by atoms with E-state index < -0.39 is 0 Å². The zero-order valence-electron chi connectivity index (χ0n) is 15.5. The monoisotopic (exact) mass is 446 g/mol. The van der Waals surface area contributed by atoms with Gasteiger partial charge in [-0.15, -0.1) is 24.0 Å². The largest absolute Gasteiger partial charge is 0.354 e. The van der Waals surface area contributed by atoms with Crippen LogP contribution in [0.1, 0.15) is 26.3 Å². The van der Waals surface area contributed by atoms with Gasteiger partial charge in [-0.3, -0.25) is 4.99 Å². The van der Waals surface area contributed by atoms with Crippen LogP contribution < -0.4 is 15.5 Å². The highest BCUT2D eigenvalue weighted by atomic mass is 127. The van der Waals surface area contributed by atoms with Gasteiger partial charge in [-0.2, -0.15) is 0 Å². The van der Waals surface area contributed by atoms with Crippen LogP contribution in [0.5, 0.6) is 0 Å². The minimum atomic E-state index is -0.00856. The Bertz CT molecular complexity index is 515. The summed E-state index contributed by atoms with van der Waals surface area (Å²) in [6.45, 7) is 11.3. The van der Waals surface area contributed by atoms with Crippen LogP contribution in [0.2, 0.25) is 0 Å². The molecule has 1 saturated heterocycles. The molecule has 7 heteroatoms. The van der Waals surface area contributed by atoms with Crippen molar-refractivity contribution in [3.05, 3.63) is 23.9 Å². The minimum absolute atomic E-state index is 0. The van der Waals surface area contributed by atoms with Gasteiger partial charge in [-0.05, 0) is 39.4 Å². The summed E-state index contributed by atoms with van der Waals surface area (Å²) in [5.74, 6) is 1.87. The molecule has 0 aromatic carbocycles. The molecule has 1 fully saturated rings. The third-order valence-electron chi connectivity index (χ3n) is 3.81. The SMILES string of the molecule is CN=C(NCc1ccc(N2CCN(C)CC2)nc1)NC(C)(C)C.I. The summed E-state index contributed by atoms with van der Waals surface area (Å²) < 4.78 is 0. The number of hydrogen-bond donors (Lipinski definition) is 2. The molecule has 0 aliphatic carbocycles. The van der Waals surface area contributed by atoms with Crippen molar-refractivity contribution in [1.82, 2.24) is 20.5 Å². The van der Waals surface area contributed by atoms with Gasteiger partial charge in [-0.25, -0.2) is 4.98 Å². The highest BCUT2D eigenvalue weighted by molar-refractivity contribution is 14.0. The number of likely N-dealkylation sites (N-methyl/N-ethyl adjacent to an activating group) is 1. The fraction of sp³-hybridized carbons (Fsp3) is 0.647. The van der Waals surface area contributed by atoms with Crippen LogP contribution in [-0.2, 0) is 6.54 Å². The van der Waals surface area contributed by atoms with E-state index in [2.05, 4.69) is 70.4 Å². The second-order valence-corrected chi connectivity index (χ2v) is 7.12. The van der Waals surface area contributed by atoms with Gasteiger partial charge >= 0.3 is 0 Å². The standard InChI is InChI=1S/C17H30N6.HI/c1-17(2,3)21-16(18-4)20-13-14-6-7-15(19-12-14)23-10-8-22(5)9-11-23;/h6-7,12H,8-11,13H2,1-5H3,(H2,18,20,21);1H. The molecule has 136 valence electrons. The number of anilines is 1. The summed E-state index contributed by atoms with van der Waals surface area (Å²) >= 11 is 0. The van der Waals surface area contributed by atoms with Crippen LogP contribution in [0.4, 0.5) is 5.82 Å². The molecule has 2 rings (SSSR count). The van der Waals surface area contributed by atoms with Crippen molar-refractivity contribution in [2.75, 3.05) is 45.2 Å². The van der Waals surface area contributed by atoms with Gasteiger partial charge in [0, 0.05) is 51.5 Å². The maximum Gasteiger partial charge on any atom is 0.191 e. The first-order chi connectivity index (χ1) is 10.9. The summed E-state index contributed by atoms with van der Waals surface area (Å²) in [6, 6.07) is 4.25. The number of halogens is 1. The Balaban J connectivity index is 0.00000288. The quantitative estimate of drug-likeness (QED) is 0.422. The third kappa shape index (κ3) is 6.80. The maximum absolute atomic E-state index is 4.61. The molecule has 0 atom stereocenters. The fourth-order valence-corrected chi connectivity index (χ4v) is 2.46. The fourth-order valence-electron chi connectivity index (χ4n) is 2.46. The second-order valence-electron chi connectivity index (χ2n) is 7.12. The van der Waals surface area contributed by atoms with E-state index in [0.29, 0.717) is 6.54 Å². The van der Waals surface area contributed by atoms with Crippen molar-refractivity contribution in [3.63, 3.8) is 0 Å².